The number of likely N-dealkylation sites (tertiary alicyclic amines) is 1. The standard InChI is InChI=1S/C24H27N3O2/c1-29-19-12-10-18(11-13-19)23(27-15-3-2-4-16-27)17-26-24(28)21-7-5-9-22-20(21)8-6-14-25-22/h5-14,23H,2-4,15-17H2,1H3,(H,26,28)/t23-/m0/s1. The summed E-state index contributed by atoms with van der Waals surface area (Å²) in [6.07, 6.45) is 5.44. The minimum Gasteiger partial charge on any atom is -0.497 e. The lowest BCUT2D eigenvalue weighted by Gasteiger charge is -2.35. The van der Waals surface area contributed by atoms with Crippen molar-refractivity contribution in [1.82, 2.24) is 15.2 Å². The van der Waals surface area contributed by atoms with Gasteiger partial charge in [0.2, 0.25) is 0 Å². The summed E-state index contributed by atoms with van der Waals surface area (Å²) in [7, 11) is 1.68. The Labute approximate surface area is 171 Å². The predicted octanol–water partition coefficient (Wildman–Crippen LogP) is 4.20. The minimum atomic E-state index is -0.0564. The van der Waals surface area contributed by atoms with E-state index in [-0.39, 0.29) is 11.9 Å². The quantitative estimate of drug-likeness (QED) is 0.686. The van der Waals surface area contributed by atoms with Crippen LogP contribution >= 0.6 is 0 Å². The Hall–Kier alpha value is -2.92. The van der Waals surface area contributed by atoms with E-state index >= 15 is 0 Å². The summed E-state index contributed by atoms with van der Waals surface area (Å²) in [6.45, 7) is 2.69. The number of amides is 1. The zero-order chi connectivity index (χ0) is 20.1. The van der Waals surface area contributed by atoms with Crippen molar-refractivity contribution >= 4 is 16.8 Å². The van der Waals surface area contributed by atoms with Gasteiger partial charge in [-0.1, -0.05) is 30.7 Å². The van der Waals surface area contributed by atoms with E-state index in [0.29, 0.717) is 12.1 Å². The molecule has 1 aliphatic rings. The van der Waals surface area contributed by atoms with Gasteiger partial charge in [-0.3, -0.25) is 14.7 Å². The summed E-state index contributed by atoms with van der Waals surface area (Å²) in [5, 5.41) is 4.06. The third-order valence-electron chi connectivity index (χ3n) is 5.68. The Morgan fingerprint density at radius 3 is 2.62 bits per heavy atom. The van der Waals surface area contributed by atoms with Crippen molar-refractivity contribution in [2.45, 2.75) is 25.3 Å². The van der Waals surface area contributed by atoms with Gasteiger partial charge in [-0.2, -0.15) is 0 Å². The average molecular weight is 389 g/mol. The van der Waals surface area contributed by atoms with Crippen LogP contribution in [0, 0.1) is 0 Å². The SMILES string of the molecule is COc1ccc([C@H](CNC(=O)c2cccc3ncccc23)N2CCCCC2)cc1. The molecule has 4 rings (SSSR count). The van der Waals surface area contributed by atoms with E-state index in [1.54, 1.807) is 13.3 Å². The lowest BCUT2D eigenvalue weighted by molar-refractivity contribution is 0.0926. The van der Waals surface area contributed by atoms with Gasteiger partial charge >= 0.3 is 0 Å². The molecule has 0 bridgehead atoms. The number of aromatic nitrogens is 1. The maximum atomic E-state index is 13.0. The number of piperidine rings is 1. The smallest absolute Gasteiger partial charge is 0.252 e. The molecule has 5 heteroatoms. The van der Waals surface area contributed by atoms with Crippen LogP contribution in [0.2, 0.25) is 0 Å². The lowest BCUT2D eigenvalue weighted by atomic mass is 10.0. The van der Waals surface area contributed by atoms with Crippen molar-refractivity contribution in [3.8, 4) is 5.75 Å². The molecule has 1 N–H and O–H groups in total. The van der Waals surface area contributed by atoms with Gasteiger partial charge in [-0.15, -0.1) is 0 Å². The number of carbonyl (C=O) groups excluding carboxylic acids is 1. The van der Waals surface area contributed by atoms with E-state index in [4.69, 9.17) is 4.74 Å². The second kappa shape index (κ2) is 9.05. The number of fused-ring (bicyclic) bond motifs is 1. The Morgan fingerprint density at radius 1 is 1.07 bits per heavy atom. The Kier molecular flexibility index (Phi) is 6.06. The molecule has 1 aliphatic heterocycles. The number of carbonyl (C=O) groups is 1. The van der Waals surface area contributed by atoms with E-state index in [2.05, 4.69) is 27.3 Å². The molecule has 2 heterocycles. The molecule has 5 nitrogen and oxygen atoms in total. The van der Waals surface area contributed by atoms with Crippen LogP contribution in [0.1, 0.15) is 41.2 Å². The number of nitrogens with one attached hydrogen (secondary N) is 1. The number of hydrogen-bond donors (Lipinski definition) is 1. The number of hydrogen-bond acceptors (Lipinski definition) is 4. The van der Waals surface area contributed by atoms with Crippen molar-refractivity contribution in [2.24, 2.45) is 0 Å². The highest BCUT2D eigenvalue weighted by Gasteiger charge is 2.23. The summed E-state index contributed by atoms with van der Waals surface area (Å²) >= 11 is 0. The van der Waals surface area contributed by atoms with Crippen molar-refractivity contribution < 1.29 is 9.53 Å². The third kappa shape index (κ3) is 4.40. The van der Waals surface area contributed by atoms with Crippen LogP contribution in [0.3, 0.4) is 0 Å². The normalized spacial score (nSPS) is 15.8. The second-order valence-corrected chi connectivity index (χ2v) is 7.47. The number of benzene rings is 2. The molecule has 0 aliphatic carbocycles. The molecular weight excluding hydrogens is 362 g/mol. The van der Waals surface area contributed by atoms with Gasteiger partial charge in [0, 0.05) is 23.7 Å². The first-order valence-electron chi connectivity index (χ1n) is 10.3. The maximum absolute atomic E-state index is 13.0. The van der Waals surface area contributed by atoms with E-state index in [0.717, 1.165) is 29.7 Å². The fourth-order valence-electron chi connectivity index (χ4n) is 4.10. The number of rotatable bonds is 6. The fourth-order valence-corrected chi connectivity index (χ4v) is 4.10. The molecule has 0 radical (unpaired) electrons. The molecule has 1 amide bonds. The highest BCUT2D eigenvalue weighted by atomic mass is 16.5. The average Bonchev–Trinajstić information content (AvgIpc) is 2.80. The van der Waals surface area contributed by atoms with E-state index < -0.39 is 0 Å². The second-order valence-electron chi connectivity index (χ2n) is 7.47. The molecule has 1 aromatic heterocycles. The summed E-state index contributed by atoms with van der Waals surface area (Å²) in [4.78, 5) is 19.8. The lowest BCUT2D eigenvalue weighted by Crippen LogP contribution is -2.40. The van der Waals surface area contributed by atoms with Gasteiger partial charge in [0.05, 0.1) is 18.7 Å². The van der Waals surface area contributed by atoms with Crippen LogP contribution in [0.4, 0.5) is 0 Å². The monoisotopic (exact) mass is 389 g/mol. The third-order valence-corrected chi connectivity index (χ3v) is 5.68. The van der Waals surface area contributed by atoms with Crippen molar-refractivity contribution in [1.29, 1.82) is 0 Å². The van der Waals surface area contributed by atoms with E-state index in [1.807, 2.05) is 42.5 Å². The summed E-state index contributed by atoms with van der Waals surface area (Å²) in [6, 6.07) is 17.8. The number of nitrogens with zero attached hydrogens (tertiary/aromatic N) is 2. The number of methoxy groups -OCH3 is 1. The molecule has 1 atom stereocenters. The Balaban J connectivity index is 1.54. The summed E-state index contributed by atoms with van der Waals surface area (Å²) in [5.41, 5.74) is 2.71. The van der Waals surface area contributed by atoms with Gasteiger partial charge in [-0.25, -0.2) is 0 Å². The largest absolute Gasteiger partial charge is 0.497 e. The number of ether oxygens (including phenoxy) is 1. The molecule has 0 saturated carbocycles. The zero-order valence-electron chi connectivity index (χ0n) is 16.8. The number of pyridine rings is 1. The van der Waals surface area contributed by atoms with Crippen LogP contribution < -0.4 is 10.1 Å². The van der Waals surface area contributed by atoms with Gasteiger partial charge in [0.25, 0.3) is 5.91 Å². The molecule has 29 heavy (non-hydrogen) atoms. The van der Waals surface area contributed by atoms with Crippen LogP contribution in [-0.2, 0) is 0 Å². The summed E-state index contributed by atoms with van der Waals surface area (Å²) in [5.74, 6) is 0.789. The van der Waals surface area contributed by atoms with Crippen LogP contribution in [0.15, 0.2) is 60.8 Å². The minimum absolute atomic E-state index is 0.0564. The summed E-state index contributed by atoms with van der Waals surface area (Å²) < 4.78 is 5.30. The molecule has 3 aromatic rings. The van der Waals surface area contributed by atoms with Gasteiger partial charge < -0.3 is 10.1 Å². The molecular formula is C24H27N3O2. The first-order valence-corrected chi connectivity index (χ1v) is 10.3. The maximum Gasteiger partial charge on any atom is 0.252 e. The van der Waals surface area contributed by atoms with E-state index in [9.17, 15) is 4.79 Å². The molecule has 2 aromatic carbocycles. The molecule has 150 valence electrons. The first-order chi connectivity index (χ1) is 14.3. The first kappa shape index (κ1) is 19.4. The molecule has 0 unspecified atom stereocenters. The van der Waals surface area contributed by atoms with Gasteiger partial charge in [0.15, 0.2) is 0 Å². The highest BCUT2D eigenvalue weighted by molar-refractivity contribution is 6.06. The van der Waals surface area contributed by atoms with Crippen molar-refractivity contribution in [2.75, 3.05) is 26.7 Å². The van der Waals surface area contributed by atoms with E-state index in [1.165, 1.54) is 24.8 Å². The zero-order valence-corrected chi connectivity index (χ0v) is 16.8. The van der Waals surface area contributed by atoms with Crippen LogP contribution in [0.5, 0.6) is 5.75 Å². The Morgan fingerprint density at radius 2 is 1.86 bits per heavy atom. The van der Waals surface area contributed by atoms with Crippen LogP contribution in [-0.4, -0.2) is 42.5 Å². The highest BCUT2D eigenvalue weighted by Crippen LogP contribution is 2.26. The molecule has 0 spiro atoms. The van der Waals surface area contributed by atoms with Crippen molar-refractivity contribution in [3.63, 3.8) is 0 Å². The predicted molar refractivity (Wildman–Crippen MR) is 115 cm³/mol. The molecule has 1 fully saturated rings. The molecule has 1 saturated heterocycles. The fraction of sp³-hybridized carbons (Fsp3) is 0.333. The van der Waals surface area contributed by atoms with Crippen LogP contribution in [0.25, 0.3) is 10.9 Å². The van der Waals surface area contributed by atoms with Crippen molar-refractivity contribution in [3.05, 3.63) is 71.9 Å². The van der Waals surface area contributed by atoms with Gasteiger partial charge in [-0.05, 0) is 61.8 Å². The topological polar surface area (TPSA) is 54.5 Å². The van der Waals surface area contributed by atoms with Gasteiger partial charge in [0.1, 0.15) is 5.75 Å². The Bertz CT molecular complexity index is 960.